The first-order chi connectivity index (χ1) is 9.61. The van der Waals surface area contributed by atoms with Crippen molar-refractivity contribution in [2.24, 2.45) is 17.8 Å². The molecule has 1 aliphatic rings. The molecule has 20 heavy (non-hydrogen) atoms. The van der Waals surface area contributed by atoms with E-state index in [2.05, 4.69) is 37.5 Å². The van der Waals surface area contributed by atoms with Gasteiger partial charge in [-0.1, -0.05) is 45.2 Å². The van der Waals surface area contributed by atoms with Crippen molar-refractivity contribution in [1.29, 1.82) is 0 Å². The fourth-order valence-corrected chi connectivity index (χ4v) is 4.79. The molecular formula is C17H28ClNS. The zero-order chi connectivity index (χ0) is 14.5. The minimum Gasteiger partial charge on any atom is -0.316 e. The third kappa shape index (κ3) is 4.22. The summed E-state index contributed by atoms with van der Waals surface area (Å²) in [6, 6.07) is 2.07. The zero-order valence-electron chi connectivity index (χ0n) is 13.0. The summed E-state index contributed by atoms with van der Waals surface area (Å²) >= 11 is 8.26. The van der Waals surface area contributed by atoms with Crippen molar-refractivity contribution in [3.63, 3.8) is 0 Å². The van der Waals surface area contributed by atoms with Gasteiger partial charge in [0.1, 0.15) is 0 Å². The Bertz CT molecular complexity index is 401. The van der Waals surface area contributed by atoms with Gasteiger partial charge in [0.2, 0.25) is 0 Å². The summed E-state index contributed by atoms with van der Waals surface area (Å²) in [5.74, 6) is 3.04. The molecule has 3 unspecified atom stereocenters. The van der Waals surface area contributed by atoms with Gasteiger partial charge in [0.25, 0.3) is 0 Å². The molecule has 1 heterocycles. The Balaban J connectivity index is 2.02. The van der Waals surface area contributed by atoms with Crippen LogP contribution in [0, 0.1) is 17.8 Å². The first kappa shape index (κ1) is 16.3. The van der Waals surface area contributed by atoms with E-state index >= 15 is 0 Å². The van der Waals surface area contributed by atoms with Crippen LogP contribution in [0.4, 0.5) is 0 Å². The molecule has 0 saturated heterocycles. The number of hydrogen-bond donors (Lipinski definition) is 1. The van der Waals surface area contributed by atoms with Crippen LogP contribution in [-0.2, 0) is 0 Å². The van der Waals surface area contributed by atoms with E-state index in [4.69, 9.17) is 11.6 Å². The maximum Gasteiger partial charge on any atom is 0.0547 e. The van der Waals surface area contributed by atoms with E-state index in [1.807, 2.05) is 11.3 Å². The maximum absolute atomic E-state index is 6.40. The smallest absolute Gasteiger partial charge is 0.0547 e. The number of rotatable bonds is 6. The molecule has 2 rings (SSSR count). The average molecular weight is 314 g/mol. The summed E-state index contributed by atoms with van der Waals surface area (Å²) in [7, 11) is 0. The minimum absolute atomic E-state index is 0.667. The average Bonchev–Trinajstić information content (AvgIpc) is 2.85. The van der Waals surface area contributed by atoms with Crippen LogP contribution in [0.1, 0.15) is 57.2 Å². The van der Waals surface area contributed by atoms with Gasteiger partial charge in [0, 0.05) is 4.88 Å². The predicted octanol–water partition coefficient (Wildman–Crippen LogP) is 5.56. The molecule has 3 atom stereocenters. The Kier molecular flexibility index (Phi) is 6.38. The molecule has 1 aromatic heterocycles. The van der Waals surface area contributed by atoms with E-state index in [1.54, 1.807) is 0 Å². The number of thiophene rings is 1. The second kappa shape index (κ2) is 7.82. The normalized spacial score (nSPS) is 27.1. The number of halogens is 1. The molecule has 1 aromatic rings. The molecule has 0 aromatic carbocycles. The molecule has 1 aliphatic carbocycles. The monoisotopic (exact) mass is 313 g/mol. The first-order valence-electron chi connectivity index (χ1n) is 8.05. The largest absolute Gasteiger partial charge is 0.316 e. The summed E-state index contributed by atoms with van der Waals surface area (Å²) in [5.41, 5.74) is 0. The molecule has 0 radical (unpaired) electrons. The van der Waals surface area contributed by atoms with Gasteiger partial charge in [0.15, 0.2) is 0 Å². The summed E-state index contributed by atoms with van der Waals surface area (Å²) in [4.78, 5) is 1.43. The highest BCUT2D eigenvalue weighted by molar-refractivity contribution is 7.10. The van der Waals surface area contributed by atoms with Crippen LogP contribution in [0.25, 0.3) is 0 Å². The molecule has 0 amide bonds. The molecule has 114 valence electrons. The molecule has 0 spiro atoms. The van der Waals surface area contributed by atoms with Crippen LogP contribution in [0.5, 0.6) is 0 Å². The highest BCUT2D eigenvalue weighted by Gasteiger charge is 2.32. The zero-order valence-corrected chi connectivity index (χ0v) is 14.6. The SMILES string of the molecule is CCC1CCC(CNCC(C)C)C(c2sccc2Cl)C1. The van der Waals surface area contributed by atoms with Crippen molar-refractivity contribution in [1.82, 2.24) is 5.32 Å². The molecule has 3 heteroatoms. The minimum atomic E-state index is 0.667. The second-order valence-corrected chi connectivity index (χ2v) is 7.99. The van der Waals surface area contributed by atoms with Crippen molar-refractivity contribution in [3.05, 3.63) is 21.3 Å². The van der Waals surface area contributed by atoms with Crippen molar-refractivity contribution >= 4 is 22.9 Å². The van der Waals surface area contributed by atoms with Crippen LogP contribution in [0.2, 0.25) is 5.02 Å². The Morgan fingerprint density at radius 1 is 1.40 bits per heavy atom. The van der Waals surface area contributed by atoms with Crippen molar-refractivity contribution < 1.29 is 0 Å². The van der Waals surface area contributed by atoms with E-state index in [0.717, 1.165) is 35.9 Å². The molecule has 1 saturated carbocycles. The lowest BCUT2D eigenvalue weighted by Gasteiger charge is -2.36. The van der Waals surface area contributed by atoms with E-state index < -0.39 is 0 Å². The van der Waals surface area contributed by atoms with Crippen LogP contribution < -0.4 is 5.32 Å². The summed E-state index contributed by atoms with van der Waals surface area (Å²) in [5, 5.41) is 6.80. The summed E-state index contributed by atoms with van der Waals surface area (Å²) in [6.45, 7) is 9.14. The topological polar surface area (TPSA) is 12.0 Å². The molecule has 0 aliphatic heterocycles. The standard InChI is InChI=1S/C17H28ClNS/c1-4-13-5-6-14(11-19-10-12(2)3)15(9-13)17-16(18)7-8-20-17/h7-8,12-15,19H,4-6,9-11H2,1-3H3. The van der Waals surface area contributed by atoms with E-state index in [9.17, 15) is 0 Å². The lowest BCUT2D eigenvalue weighted by Crippen LogP contribution is -2.33. The lowest BCUT2D eigenvalue weighted by molar-refractivity contribution is 0.226. The van der Waals surface area contributed by atoms with E-state index in [-0.39, 0.29) is 0 Å². The third-order valence-electron chi connectivity index (χ3n) is 4.62. The fourth-order valence-electron chi connectivity index (χ4n) is 3.38. The van der Waals surface area contributed by atoms with Crippen LogP contribution >= 0.6 is 22.9 Å². The maximum atomic E-state index is 6.40. The quantitative estimate of drug-likeness (QED) is 0.725. The Morgan fingerprint density at radius 3 is 2.80 bits per heavy atom. The van der Waals surface area contributed by atoms with Gasteiger partial charge in [-0.3, -0.25) is 0 Å². The highest BCUT2D eigenvalue weighted by Crippen LogP contribution is 2.45. The van der Waals surface area contributed by atoms with Crippen molar-refractivity contribution in [2.75, 3.05) is 13.1 Å². The molecule has 1 fully saturated rings. The first-order valence-corrected chi connectivity index (χ1v) is 9.31. The van der Waals surface area contributed by atoms with Gasteiger partial charge < -0.3 is 5.32 Å². The Morgan fingerprint density at radius 2 is 2.20 bits per heavy atom. The number of nitrogens with one attached hydrogen (secondary N) is 1. The summed E-state index contributed by atoms with van der Waals surface area (Å²) < 4.78 is 0. The van der Waals surface area contributed by atoms with Gasteiger partial charge in [-0.2, -0.15) is 0 Å². The number of hydrogen-bond acceptors (Lipinski definition) is 2. The highest BCUT2D eigenvalue weighted by atomic mass is 35.5. The molecule has 1 N–H and O–H groups in total. The molecule has 0 bridgehead atoms. The van der Waals surface area contributed by atoms with Crippen LogP contribution in [0.15, 0.2) is 11.4 Å². The van der Waals surface area contributed by atoms with Crippen molar-refractivity contribution in [3.8, 4) is 0 Å². The van der Waals surface area contributed by atoms with E-state index in [1.165, 1.54) is 30.6 Å². The second-order valence-electron chi connectivity index (χ2n) is 6.64. The van der Waals surface area contributed by atoms with Crippen LogP contribution in [0.3, 0.4) is 0 Å². The fraction of sp³-hybridized carbons (Fsp3) is 0.765. The van der Waals surface area contributed by atoms with Crippen molar-refractivity contribution in [2.45, 2.75) is 52.4 Å². The Labute approximate surface area is 133 Å². The van der Waals surface area contributed by atoms with Crippen LogP contribution in [-0.4, -0.2) is 13.1 Å². The van der Waals surface area contributed by atoms with Gasteiger partial charge in [-0.25, -0.2) is 0 Å². The lowest BCUT2D eigenvalue weighted by atomic mass is 9.72. The third-order valence-corrected chi connectivity index (χ3v) is 6.11. The predicted molar refractivity (Wildman–Crippen MR) is 90.9 cm³/mol. The molecular weight excluding hydrogens is 286 g/mol. The van der Waals surface area contributed by atoms with Gasteiger partial charge in [0.05, 0.1) is 5.02 Å². The van der Waals surface area contributed by atoms with E-state index in [0.29, 0.717) is 5.92 Å². The van der Waals surface area contributed by atoms with Gasteiger partial charge in [-0.05, 0) is 61.0 Å². The Hall–Kier alpha value is -0.0500. The molecule has 1 nitrogen and oxygen atoms in total. The van der Waals surface area contributed by atoms with Gasteiger partial charge >= 0.3 is 0 Å². The van der Waals surface area contributed by atoms with Gasteiger partial charge in [-0.15, -0.1) is 11.3 Å². The summed E-state index contributed by atoms with van der Waals surface area (Å²) in [6.07, 6.45) is 5.38.